The molecule has 2 aliphatic heterocycles. The van der Waals surface area contributed by atoms with Crippen LogP contribution in [0.3, 0.4) is 0 Å². The zero-order valence-corrected chi connectivity index (χ0v) is 9.14. The molecule has 1 aromatic heterocycles. The van der Waals surface area contributed by atoms with E-state index in [1.807, 2.05) is 0 Å². The number of rotatable bonds is 2. The second-order valence-electron chi connectivity index (χ2n) is 4.16. The minimum atomic E-state index is -1.87. The van der Waals surface area contributed by atoms with Gasteiger partial charge in [0.1, 0.15) is 6.10 Å². The molecule has 2 fully saturated rings. The van der Waals surface area contributed by atoms with Crippen LogP contribution in [0.15, 0.2) is 18.3 Å². The molecule has 3 heterocycles. The van der Waals surface area contributed by atoms with Crippen LogP contribution in [0.1, 0.15) is 6.42 Å². The van der Waals surface area contributed by atoms with Crippen LogP contribution < -0.4 is 10.5 Å². The number of halogens is 1. The first-order valence-corrected chi connectivity index (χ1v) is 5.52. The van der Waals surface area contributed by atoms with Gasteiger partial charge >= 0.3 is 0 Å². The second-order valence-corrected chi connectivity index (χ2v) is 4.16. The summed E-state index contributed by atoms with van der Waals surface area (Å²) in [6.45, 7) is 0.496. The van der Waals surface area contributed by atoms with E-state index >= 15 is 0 Å². The lowest BCUT2D eigenvalue weighted by Gasteiger charge is -2.24. The van der Waals surface area contributed by atoms with Crippen LogP contribution in [0.2, 0.25) is 0 Å². The highest BCUT2D eigenvalue weighted by molar-refractivity contribution is 5.47. The first-order valence-electron chi connectivity index (χ1n) is 5.52. The summed E-state index contributed by atoms with van der Waals surface area (Å²) in [4.78, 5) is 3.96. The molecular formula is C11H13FN2O3. The summed E-state index contributed by atoms with van der Waals surface area (Å²) in [5, 5.41) is 0. The Balaban J connectivity index is 1.80. The molecule has 17 heavy (non-hydrogen) atoms. The van der Waals surface area contributed by atoms with Crippen LogP contribution in [0.4, 0.5) is 10.1 Å². The molecule has 0 radical (unpaired) electrons. The molecule has 2 aliphatic rings. The molecule has 0 aliphatic carbocycles. The quantitative estimate of drug-likeness (QED) is 0.831. The van der Waals surface area contributed by atoms with Gasteiger partial charge in [0.2, 0.25) is 5.88 Å². The van der Waals surface area contributed by atoms with Crippen molar-refractivity contribution < 1.29 is 18.6 Å². The van der Waals surface area contributed by atoms with Crippen molar-refractivity contribution in [2.45, 2.75) is 24.5 Å². The Hall–Kier alpha value is -1.40. The Morgan fingerprint density at radius 3 is 3.29 bits per heavy atom. The smallest absolute Gasteiger partial charge is 0.275 e. The van der Waals surface area contributed by atoms with Crippen molar-refractivity contribution >= 4 is 5.69 Å². The van der Waals surface area contributed by atoms with Gasteiger partial charge in [0.25, 0.3) is 5.85 Å². The van der Waals surface area contributed by atoms with Gasteiger partial charge in [-0.1, -0.05) is 0 Å². The van der Waals surface area contributed by atoms with Gasteiger partial charge in [-0.15, -0.1) is 0 Å². The minimum Gasteiger partial charge on any atom is -0.464 e. The summed E-state index contributed by atoms with van der Waals surface area (Å²) in [6, 6.07) is 3.34. The second kappa shape index (κ2) is 3.82. The molecular weight excluding hydrogens is 227 g/mol. The fourth-order valence-electron chi connectivity index (χ4n) is 2.18. The molecule has 1 aromatic rings. The lowest BCUT2D eigenvalue weighted by molar-refractivity contribution is -0.163. The standard InChI is InChI=1S/C11H13FN2O3/c12-11-8(3-5-16-11)15-6-9(11)17-10-7(13)2-1-4-14-10/h1-2,4,8-9H,3,5-6,13H2/t8-,9-,11+/m1/s1. The van der Waals surface area contributed by atoms with Crippen molar-refractivity contribution in [3.63, 3.8) is 0 Å². The van der Waals surface area contributed by atoms with Gasteiger partial charge in [-0.25, -0.2) is 9.37 Å². The average molecular weight is 240 g/mol. The Bertz CT molecular complexity index is 431. The molecule has 3 rings (SSSR count). The maximum Gasteiger partial charge on any atom is 0.275 e. The van der Waals surface area contributed by atoms with Crippen LogP contribution in [-0.4, -0.2) is 36.3 Å². The number of fused-ring (bicyclic) bond motifs is 1. The van der Waals surface area contributed by atoms with Gasteiger partial charge in [-0.05, 0) is 12.1 Å². The predicted molar refractivity (Wildman–Crippen MR) is 57.2 cm³/mol. The first-order chi connectivity index (χ1) is 8.20. The number of ether oxygens (including phenoxy) is 3. The van der Waals surface area contributed by atoms with E-state index in [0.717, 1.165) is 0 Å². The SMILES string of the molecule is Nc1cccnc1O[C@@H]1CO[C@@H]2CCO[C@@]21F. The summed E-state index contributed by atoms with van der Waals surface area (Å²) in [7, 11) is 0. The number of aromatic nitrogens is 1. The number of anilines is 1. The summed E-state index contributed by atoms with van der Waals surface area (Å²) >= 11 is 0. The number of hydrogen-bond acceptors (Lipinski definition) is 5. The fraction of sp³-hybridized carbons (Fsp3) is 0.545. The molecule has 0 saturated carbocycles. The summed E-state index contributed by atoms with van der Waals surface area (Å²) in [6.07, 6.45) is 0.734. The summed E-state index contributed by atoms with van der Waals surface area (Å²) in [5.41, 5.74) is 6.06. The zero-order valence-electron chi connectivity index (χ0n) is 9.14. The fourth-order valence-corrected chi connectivity index (χ4v) is 2.18. The van der Waals surface area contributed by atoms with Gasteiger partial charge in [-0.3, -0.25) is 0 Å². The van der Waals surface area contributed by atoms with Crippen molar-refractivity contribution in [2.24, 2.45) is 0 Å². The molecule has 0 aromatic carbocycles. The van der Waals surface area contributed by atoms with Crippen LogP contribution in [0.25, 0.3) is 0 Å². The van der Waals surface area contributed by atoms with E-state index < -0.39 is 18.1 Å². The number of nitrogen functional groups attached to an aromatic ring is 1. The van der Waals surface area contributed by atoms with E-state index in [9.17, 15) is 4.39 Å². The molecule has 0 spiro atoms. The predicted octanol–water partition coefficient (Wildman–Crippen LogP) is 0.896. The molecule has 92 valence electrons. The van der Waals surface area contributed by atoms with Crippen molar-refractivity contribution in [1.29, 1.82) is 0 Å². The number of alkyl halides is 1. The molecule has 0 unspecified atom stereocenters. The zero-order chi connectivity index (χ0) is 11.9. The molecule has 0 amide bonds. The van der Waals surface area contributed by atoms with Gasteiger partial charge in [0, 0.05) is 12.6 Å². The largest absolute Gasteiger partial charge is 0.464 e. The molecule has 2 N–H and O–H groups in total. The van der Waals surface area contributed by atoms with Crippen LogP contribution >= 0.6 is 0 Å². The van der Waals surface area contributed by atoms with E-state index in [4.69, 9.17) is 19.9 Å². The van der Waals surface area contributed by atoms with E-state index in [1.165, 1.54) is 0 Å². The lowest BCUT2D eigenvalue weighted by atomic mass is 10.1. The Kier molecular flexibility index (Phi) is 2.41. The third-order valence-corrected chi connectivity index (χ3v) is 3.08. The van der Waals surface area contributed by atoms with Gasteiger partial charge in [0.05, 0.1) is 18.9 Å². The first kappa shape index (κ1) is 10.7. The normalized spacial score (nSPS) is 35.8. The summed E-state index contributed by atoms with van der Waals surface area (Å²) in [5.74, 6) is -1.65. The maximum absolute atomic E-state index is 14.4. The van der Waals surface area contributed by atoms with Gasteiger partial charge in [0.15, 0.2) is 6.10 Å². The molecule has 2 saturated heterocycles. The van der Waals surface area contributed by atoms with E-state index in [0.29, 0.717) is 18.7 Å². The minimum absolute atomic E-state index is 0.150. The number of hydrogen-bond donors (Lipinski definition) is 1. The Morgan fingerprint density at radius 2 is 2.47 bits per heavy atom. The van der Waals surface area contributed by atoms with Crippen molar-refractivity contribution in [3.8, 4) is 5.88 Å². The highest BCUT2D eigenvalue weighted by atomic mass is 19.2. The van der Waals surface area contributed by atoms with E-state index in [2.05, 4.69) is 4.98 Å². The highest BCUT2D eigenvalue weighted by Gasteiger charge is 2.59. The maximum atomic E-state index is 14.4. The Labute approximate surface area is 97.7 Å². The number of nitrogens with zero attached hydrogens (tertiary/aromatic N) is 1. The van der Waals surface area contributed by atoms with Gasteiger partial charge < -0.3 is 19.9 Å². The van der Waals surface area contributed by atoms with Crippen molar-refractivity contribution in [3.05, 3.63) is 18.3 Å². The lowest BCUT2D eigenvalue weighted by Crippen LogP contribution is -2.44. The van der Waals surface area contributed by atoms with E-state index in [1.54, 1.807) is 18.3 Å². The van der Waals surface area contributed by atoms with Crippen LogP contribution in [0, 0.1) is 0 Å². The highest BCUT2D eigenvalue weighted by Crippen LogP contribution is 2.40. The molecule has 0 bridgehead atoms. The third-order valence-electron chi connectivity index (χ3n) is 3.08. The van der Waals surface area contributed by atoms with E-state index in [-0.39, 0.29) is 12.5 Å². The van der Waals surface area contributed by atoms with Gasteiger partial charge in [-0.2, -0.15) is 0 Å². The molecule has 5 nitrogen and oxygen atoms in total. The number of pyridine rings is 1. The van der Waals surface area contributed by atoms with Crippen molar-refractivity contribution in [2.75, 3.05) is 18.9 Å². The topological polar surface area (TPSA) is 66.6 Å². The average Bonchev–Trinajstić information content (AvgIpc) is 2.81. The molecule has 3 atom stereocenters. The van der Waals surface area contributed by atoms with Crippen LogP contribution in [0.5, 0.6) is 5.88 Å². The van der Waals surface area contributed by atoms with Crippen LogP contribution in [-0.2, 0) is 9.47 Å². The molecule has 6 heteroatoms. The Morgan fingerprint density at radius 1 is 1.59 bits per heavy atom. The monoisotopic (exact) mass is 240 g/mol. The third kappa shape index (κ3) is 1.64. The summed E-state index contributed by atoms with van der Waals surface area (Å²) < 4.78 is 30.3. The van der Waals surface area contributed by atoms with Crippen molar-refractivity contribution in [1.82, 2.24) is 4.98 Å². The number of nitrogens with two attached hydrogens (primary N) is 1.